The fourth-order valence-corrected chi connectivity index (χ4v) is 6.59. The zero-order valence-electron chi connectivity index (χ0n) is 27.4. The summed E-state index contributed by atoms with van der Waals surface area (Å²) in [5.41, 5.74) is 9.95. The zero-order chi connectivity index (χ0) is 33.5. The first-order valence-corrected chi connectivity index (χ1v) is 16.8. The van der Waals surface area contributed by atoms with Gasteiger partial charge in [0.2, 0.25) is 0 Å². The monoisotopic (exact) mass is 639 g/mol. The van der Waals surface area contributed by atoms with Crippen molar-refractivity contribution >= 4 is 21.5 Å². The molecule has 3 heteroatoms. The molecule has 0 radical (unpaired) electrons. The summed E-state index contributed by atoms with van der Waals surface area (Å²) >= 11 is 0. The van der Waals surface area contributed by atoms with Gasteiger partial charge in [-0.05, 0) is 91.3 Å². The van der Waals surface area contributed by atoms with Gasteiger partial charge < -0.3 is 0 Å². The molecule has 2 heterocycles. The quantitative estimate of drug-likeness (QED) is 0.176. The summed E-state index contributed by atoms with van der Waals surface area (Å²) in [5.74, 6) is 0.678. The van der Waals surface area contributed by atoms with Gasteiger partial charge in [0.1, 0.15) is 0 Å². The van der Waals surface area contributed by atoms with E-state index < -0.39 is 0 Å². The maximum Gasteiger partial charge on any atom is 0.159 e. The molecule has 0 unspecified atom stereocenters. The van der Waals surface area contributed by atoms with Crippen LogP contribution in [0.25, 0.3) is 77.6 Å². The Morgan fingerprint density at radius 3 is 1.42 bits per heavy atom. The zero-order valence-corrected chi connectivity index (χ0v) is 27.4. The summed E-state index contributed by atoms with van der Waals surface area (Å²) < 4.78 is 0. The summed E-state index contributed by atoms with van der Waals surface area (Å²) in [6.07, 6.45) is 5.44. The Morgan fingerprint density at radius 1 is 0.300 bits per heavy atom. The fourth-order valence-electron chi connectivity index (χ4n) is 6.59. The number of hydrogen-bond donors (Lipinski definition) is 0. The number of benzene rings is 7. The largest absolute Gasteiger partial charge is 0.256 e. The highest BCUT2D eigenvalue weighted by Gasteiger charge is 2.21. The molecule has 9 aromatic rings. The van der Waals surface area contributed by atoms with Gasteiger partial charge in [-0.3, -0.25) is 4.98 Å². The lowest BCUT2D eigenvalue weighted by Gasteiger charge is -2.19. The van der Waals surface area contributed by atoms with E-state index in [-0.39, 0.29) is 0 Å². The second kappa shape index (κ2) is 14.2. The molecule has 0 saturated heterocycles. The molecular formula is C47H33N3. The molecule has 236 valence electrons. The molecule has 9 rings (SSSR count). The van der Waals surface area contributed by atoms with Gasteiger partial charge in [0, 0.05) is 29.7 Å². The number of pyridine rings is 1. The molecule has 0 bridgehead atoms. The molecule has 0 amide bonds. The average Bonchev–Trinajstić information content (AvgIpc) is 3.22. The van der Waals surface area contributed by atoms with Gasteiger partial charge in [-0.2, -0.15) is 0 Å². The van der Waals surface area contributed by atoms with Crippen LogP contribution in [0, 0.1) is 0 Å². The normalized spacial score (nSPS) is 10.8. The van der Waals surface area contributed by atoms with E-state index in [1.807, 2.05) is 42.6 Å². The van der Waals surface area contributed by atoms with Crippen molar-refractivity contribution in [3.8, 4) is 56.0 Å². The number of fused-ring (bicyclic) bond motifs is 3. The summed E-state index contributed by atoms with van der Waals surface area (Å²) in [5, 5.41) is 4.89. The van der Waals surface area contributed by atoms with Crippen LogP contribution >= 0.6 is 0 Å². The van der Waals surface area contributed by atoms with Gasteiger partial charge in [-0.1, -0.05) is 146 Å². The molecule has 0 spiro atoms. The van der Waals surface area contributed by atoms with E-state index in [0.717, 1.165) is 39.1 Å². The lowest BCUT2D eigenvalue weighted by Crippen LogP contribution is -1.97. The SMILES string of the molecule is c1ccc(-c2cc(-c3ncccn3)c(-c3ccccn3)c(-c3cc4ccccc4c4ccccc34)c2)cc1.c1ccc(-c2ccccc2)cc1. The lowest BCUT2D eigenvalue weighted by molar-refractivity contribution is 1.17. The standard InChI is InChI=1S/C35H23N3.C12H10/c1-2-11-24(12-3-1)26-22-31(30-21-25-13-4-5-14-27(25)28-15-6-7-16-29(28)30)34(33-17-8-9-18-36-33)32(23-26)35-37-19-10-20-38-35;1-3-7-11(8-4-1)12-9-5-2-6-10-12/h1-23H;1-10H. The molecule has 0 aliphatic rings. The average molecular weight is 640 g/mol. The van der Waals surface area contributed by atoms with Gasteiger partial charge in [-0.15, -0.1) is 0 Å². The van der Waals surface area contributed by atoms with Crippen molar-refractivity contribution < 1.29 is 0 Å². The van der Waals surface area contributed by atoms with E-state index in [1.54, 1.807) is 12.4 Å². The van der Waals surface area contributed by atoms with Crippen LogP contribution in [0.5, 0.6) is 0 Å². The number of rotatable bonds is 5. The minimum atomic E-state index is 0.678. The van der Waals surface area contributed by atoms with Crippen molar-refractivity contribution in [3.63, 3.8) is 0 Å². The minimum Gasteiger partial charge on any atom is -0.256 e. The van der Waals surface area contributed by atoms with Gasteiger partial charge in [0.05, 0.1) is 5.69 Å². The first-order chi connectivity index (χ1) is 24.8. The van der Waals surface area contributed by atoms with E-state index in [0.29, 0.717) is 5.82 Å². The first kappa shape index (κ1) is 30.6. The predicted octanol–water partition coefficient (Wildman–Crippen LogP) is 12.2. The van der Waals surface area contributed by atoms with E-state index in [1.165, 1.54) is 32.7 Å². The molecule has 2 aromatic heterocycles. The lowest BCUT2D eigenvalue weighted by atomic mass is 9.85. The van der Waals surface area contributed by atoms with E-state index in [2.05, 4.69) is 156 Å². The van der Waals surface area contributed by atoms with Crippen LogP contribution in [0.3, 0.4) is 0 Å². The van der Waals surface area contributed by atoms with E-state index in [9.17, 15) is 0 Å². The van der Waals surface area contributed by atoms with Gasteiger partial charge in [-0.25, -0.2) is 9.97 Å². The van der Waals surface area contributed by atoms with Crippen LogP contribution in [0.15, 0.2) is 201 Å². The van der Waals surface area contributed by atoms with Crippen LogP contribution in [-0.2, 0) is 0 Å². The molecule has 50 heavy (non-hydrogen) atoms. The van der Waals surface area contributed by atoms with Crippen molar-refractivity contribution in [1.29, 1.82) is 0 Å². The second-order valence-corrected chi connectivity index (χ2v) is 12.0. The molecule has 0 fully saturated rings. The Hall–Kier alpha value is -6.71. The summed E-state index contributed by atoms with van der Waals surface area (Å²) in [6, 6.07) is 63.2. The minimum absolute atomic E-state index is 0.678. The topological polar surface area (TPSA) is 38.7 Å². The van der Waals surface area contributed by atoms with Crippen molar-refractivity contribution in [1.82, 2.24) is 15.0 Å². The third-order valence-electron chi connectivity index (χ3n) is 8.91. The number of aromatic nitrogens is 3. The Kier molecular flexibility index (Phi) is 8.69. The van der Waals surface area contributed by atoms with Crippen LogP contribution in [0.1, 0.15) is 0 Å². The molecule has 7 aromatic carbocycles. The van der Waals surface area contributed by atoms with Gasteiger partial charge in [0.15, 0.2) is 5.82 Å². The van der Waals surface area contributed by atoms with Gasteiger partial charge in [0.25, 0.3) is 0 Å². The fraction of sp³-hybridized carbons (Fsp3) is 0. The smallest absolute Gasteiger partial charge is 0.159 e. The molecule has 0 N–H and O–H groups in total. The van der Waals surface area contributed by atoms with Crippen molar-refractivity contribution in [2.45, 2.75) is 0 Å². The molecular weight excluding hydrogens is 607 g/mol. The maximum atomic E-state index is 4.81. The molecule has 0 atom stereocenters. The van der Waals surface area contributed by atoms with Crippen LogP contribution in [0.4, 0.5) is 0 Å². The number of nitrogens with zero attached hydrogens (tertiary/aromatic N) is 3. The second-order valence-electron chi connectivity index (χ2n) is 12.0. The Morgan fingerprint density at radius 2 is 0.800 bits per heavy atom. The molecule has 0 aliphatic carbocycles. The molecule has 0 saturated carbocycles. The molecule has 0 aliphatic heterocycles. The highest BCUT2D eigenvalue weighted by atomic mass is 14.9. The highest BCUT2D eigenvalue weighted by molar-refractivity contribution is 6.15. The van der Waals surface area contributed by atoms with Crippen LogP contribution in [-0.4, -0.2) is 15.0 Å². The number of hydrogen-bond acceptors (Lipinski definition) is 3. The Balaban J connectivity index is 0.000000254. The van der Waals surface area contributed by atoms with Crippen molar-refractivity contribution in [3.05, 3.63) is 201 Å². The van der Waals surface area contributed by atoms with Crippen LogP contribution < -0.4 is 0 Å². The Bertz CT molecular complexity index is 2460. The van der Waals surface area contributed by atoms with E-state index >= 15 is 0 Å². The maximum absolute atomic E-state index is 4.81. The summed E-state index contributed by atoms with van der Waals surface area (Å²) in [4.78, 5) is 14.2. The van der Waals surface area contributed by atoms with Crippen molar-refractivity contribution in [2.75, 3.05) is 0 Å². The first-order valence-electron chi connectivity index (χ1n) is 16.8. The molecule has 3 nitrogen and oxygen atoms in total. The predicted molar refractivity (Wildman–Crippen MR) is 208 cm³/mol. The third-order valence-corrected chi connectivity index (χ3v) is 8.91. The van der Waals surface area contributed by atoms with E-state index in [4.69, 9.17) is 4.98 Å². The third kappa shape index (κ3) is 6.28. The highest BCUT2D eigenvalue weighted by Crippen LogP contribution is 2.45. The van der Waals surface area contributed by atoms with Crippen molar-refractivity contribution in [2.24, 2.45) is 0 Å². The van der Waals surface area contributed by atoms with Crippen LogP contribution in [0.2, 0.25) is 0 Å². The Labute approximate surface area is 292 Å². The summed E-state index contributed by atoms with van der Waals surface area (Å²) in [6.45, 7) is 0. The van der Waals surface area contributed by atoms with Gasteiger partial charge >= 0.3 is 0 Å². The summed E-state index contributed by atoms with van der Waals surface area (Å²) in [7, 11) is 0.